The molecule has 1 aliphatic carbocycles. The van der Waals surface area contributed by atoms with Crippen molar-refractivity contribution >= 4 is 0 Å². The molecule has 2 rings (SSSR count). The van der Waals surface area contributed by atoms with Gasteiger partial charge in [0.25, 0.3) is 0 Å². The minimum atomic E-state index is -0.0363. The number of unbranched alkanes of at least 4 members (excludes halogenated alkanes) is 4. The van der Waals surface area contributed by atoms with Crippen LogP contribution in [0.2, 0.25) is 0 Å². The Hall–Kier alpha value is -1.11. The minimum Gasteiger partial charge on any atom is -0.207 e. The van der Waals surface area contributed by atoms with E-state index in [2.05, 4.69) is 19.1 Å². The van der Waals surface area contributed by atoms with Crippen LogP contribution in [-0.4, -0.2) is 0 Å². The molecule has 0 N–H and O–H groups in total. The van der Waals surface area contributed by atoms with Crippen LogP contribution in [0.15, 0.2) is 29.8 Å². The van der Waals surface area contributed by atoms with E-state index in [0.29, 0.717) is 0 Å². The van der Waals surface area contributed by atoms with Gasteiger partial charge in [-0.2, -0.15) is 0 Å². The third kappa shape index (κ3) is 3.44. The van der Waals surface area contributed by atoms with E-state index in [1.807, 2.05) is 6.07 Å². The molecule has 0 amide bonds. The highest BCUT2D eigenvalue weighted by Crippen LogP contribution is 2.26. The molecular weight excluding hydrogens is 223 g/mol. The summed E-state index contributed by atoms with van der Waals surface area (Å²) in [6.07, 6.45) is 11.8. The molecule has 0 nitrogen and oxygen atoms in total. The van der Waals surface area contributed by atoms with Crippen molar-refractivity contribution in [2.75, 3.05) is 0 Å². The zero-order chi connectivity index (χ0) is 12.8. The minimum absolute atomic E-state index is 0.0363. The second-order valence-corrected chi connectivity index (χ2v) is 5.28. The Balaban J connectivity index is 1.82. The monoisotopic (exact) mass is 246 g/mol. The van der Waals surface area contributed by atoms with E-state index in [9.17, 15) is 4.39 Å². The van der Waals surface area contributed by atoms with Crippen LogP contribution in [0, 0.1) is 5.82 Å². The lowest BCUT2D eigenvalue weighted by molar-refractivity contribution is 0.605. The normalized spacial score (nSPS) is 14.2. The highest BCUT2D eigenvalue weighted by molar-refractivity contribution is 5.37. The predicted octanol–water partition coefficient (Wildman–Crippen LogP) is 5.21. The van der Waals surface area contributed by atoms with Crippen LogP contribution in [-0.2, 0) is 12.8 Å². The Morgan fingerprint density at radius 3 is 2.78 bits per heavy atom. The van der Waals surface area contributed by atoms with E-state index in [1.54, 1.807) is 6.07 Å². The second-order valence-electron chi connectivity index (χ2n) is 5.28. The summed E-state index contributed by atoms with van der Waals surface area (Å²) in [6, 6.07) is 5.48. The molecule has 0 atom stereocenters. The molecule has 98 valence electrons. The van der Waals surface area contributed by atoms with Crippen molar-refractivity contribution in [1.82, 2.24) is 0 Å². The molecule has 0 unspecified atom stereocenters. The Morgan fingerprint density at radius 2 is 1.94 bits per heavy atom. The van der Waals surface area contributed by atoms with Crippen molar-refractivity contribution < 1.29 is 4.39 Å². The summed E-state index contributed by atoms with van der Waals surface area (Å²) in [5, 5.41) is 0. The summed E-state index contributed by atoms with van der Waals surface area (Å²) < 4.78 is 13.6. The van der Waals surface area contributed by atoms with E-state index in [4.69, 9.17) is 0 Å². The highest BCUT2D eigenvalue weighted by Gasteiger charge is 2.13. The van der Waals surface area contributed by atoms with Crippen LogP contribution in [0.5, 0.6) is 0 Å². The van der Waals surface area contributed by atoms with Crippen molar-refractivity contribution in [3.63, 3.8) is 0 Å². The Labute approximate surface area is 110 Å². The average Bonchev–Trinajstić information content (AvgIpc) is 2.39. The number of allylic oxidation sites excluding steroid dienone is 2. The summed E-state index contributed by atoms with van der Waals surface area (Å²) in [6.45, 7) is 2.25. The highest BCUT2D eigenvalue weighted by atomic mass is 19.1. The zero-order valence-corrected chi connectivity index (χ0v) is 11.3. The summed E-state index contributed by atoms with van der Waals surface area (Å²) >= 11 is 0. The SMILES string of the molecule is CCCCCCCC1=CCc2c(F)cccc2C1. The first kappa shape index (κ1) is 13.3. The fraction of sp³-hybridized carbons (Fsp3) is 0.529. The number of rotatable bonds is 6. The molecule has 1 aromatic rings. The maximum Gasteiger partial charge on any atom is 0.126 e. The Kier molecular flexibility index (Phi) is 4.98. The molecule has 0 aromatic heterocycles. The fourth-order valence-corrected chi connectivity index (χ4v) is 2.71. The van der Waals surface area contributed by atoms with Gasteiger partial charge in [-0.05, 0) is 42.9 Å². The van der Waals surface area contributed by atoms with Gasteiger partial charge in [-0.3, -0.25) is 0 Å². The average molecular weight is 246 g/mol. The first-order valence-corrected chi connectivity index (χ1v) is 7.25. The van der Waals surface area contributed by atoms with Gasteiger partial charge >= 0.3 is 0 Å². The Bertz CT molecular complexity index is 418. The number of fused-ring (bicyclic) bond motifs is 1. The van der Waals surface area contributed by atoms with Gasteiger partial charge in [-0.15, -0.1) is 0 Å². The molecule has 0 bridgehead atoms. The van der Waals surface area contributed by atoms with Gasteiger partial charge in [-0.25, -0.2) is 4.39 Å². The summed E-state index contributed by atoms with van der Waals surface area (Å²) in [5.74, 6) is -0.0363. The first-order valence-electron chi connectivity index (χ1n) is 7.25. The molecule has 0 heterocycles. The summed E-state index contributed by atoms with van der Waals surface area (Å²) in [4.78, 5) is 0. The molecule has 0 fully saturated rings. The van der Waals surface area contributed by atoms with Crippen molar-refractivity contribution in [2.45, 2.75) is 58.3 Å². The standard InChI is InChI=1S/C17H23F/c1-2-3-4-5-6-8-14-11-12-16-15(13-14)9-7-10-17(16)18/h7,9-11H,2-6,8,12-13H2,1H3. The molecule has 1 aliphatic rings. The molecule has 0 saturated heterocycles. The molecule has 0 spiro atoms. The van der Waals surface area contributed by atoms with E-state index in [0.717, 1.165) is 18.4 Å². The second kappa shape index (κ2) is 6.72. The molecule has 1 aromatic carbocycles. The van der Waals surface area contributed by atoms with Gasteiger partial charge in [0.15, 0.2) is 0 Å². The molecule has 18 heavy (non-hydrogen) atoms. The lowest BCUT2D eigenvalue weighted by atomic mass is 9.89. The topological polar surface area (TPSA) is 0 Å². The smallest absolute Gasteiger partial charge is 0.126 e. The van der Waals surface area contributed by atoms with Gasteiger partial charge in [-0.1, -0.05) is 56.4 Å². The maximum absolute atomic E-state index is 13.6. The number of benzene rings is 1. The molecule has 0 radical (unpaired) electrons. The van der Waals surface area contributed by atoms with Gasteiger partial charge in [0.05, 0.1) is 0 Å². The maximum atomic E-state index is 13.6. The fourth-order valence-electron chi connectivity index (χ4n) is 2.71. The summed E-state index contributed by atoms with van der Waals surface area (Å²) in [5.41, 5.74) is 3.61. The first-order chi connectivity index (χ1) is 8.81. The van der Waals surface area contributed by atoms with Crippen molar-refractivity contribution in [3.05, 3.63) is 46.8 Å². The Morgan fingerprint density at radius 1 is 1.11 bits per heavy atom. The van der Waals surface area contributed by atoms with Crippen LogP contribution in [0.3, 0.4) is 0 Å². The third-order valence-electron chi connectivity index (χ3n) is 3.83. The van der Waals surface area contributed by atoms with Crippen LogP contribution in [0.1, 0.15) is 56.6 Å². The largest absolute Gasteiger partial charge is 0.207 e. The van der Waals surface area contributed by atoms with Gasteiger partial charge in [0, 0.05) is 0 Å². The molecule has 0 saturated carbocycles. The predicted molar refractivity (Wildman–Crippen MR) is 75.3 cm³/mol. The lowest BCUT2D eigenvalue weighted by Crippen LogP contribution is -2.05. The van der Waals surface area contributed by atoms with Crippen LogP contribution >= 0.6 is 0 Å². The van der Waals surface area contributed by atoms with Crippen LogP contribution < -0.4 is 0 Å². The van der Waals surface area contributed by atoms with Crippen molar-refractivity contribution in [3.8, 4) is 0 Å². The van der Waals surface area contributed by atoms with E-state index in [1.165, 1.54) is 49.7 Å². The summed E-state index contributed by atoms with van der Waals surface area (Å²) in [7, 11) is 0. The molecular formula is C17H23F. The van der Waals surface area contributed by atoms with E-state index < -0.39 is 0 Å². The quantitative estimate of drug-likeness (QED) is 0.477. The van der Waals surface area contributed by atoms with Crippen molar-refractivity contribution in [2.24, 2.45) is 0 Å². The van der Waals surface area contributed by atoms with E-state index in [-0.39, 0.29) is 5.82 Å². The molecule has 0 aliphatic heterocycles. The number of hydrogen-bond donors (Lipinski definition) is 0. The van der Waals surface area contributed by atoms with Gasteiger partial charge in [0.2, 0.25) is 0 Å². The van der Waals surface area contributed by atoms with Crippen LogP contribution in [0.25, 0.3) is 0 Å². The van der Waals surface area contributed by atoms with Gasteiger partial charge < -0.3 is 0 Å². The van der Waals surface area contributed by atoms with Crippen LogP contribution in [0.4, 0.5) is 4.39 Å². The van der Waals surface area contributed by atoms with Crippen molar-refractivity contribution in [1.29, 1.82) is 0 Å². The number of halogens is 1. The lowest BCUT2D eigenvalue weighted by Gasteiger charge is -2.17. The van der Waals surface area contributed by atoms with E-state index >= 15 is 0 Å². The van der Waals surface area contributed by atoms with Gasteiger partial charge in [0.1, 0.15) is 5.82 Å². The number of hydrogen-bond acceptors (Lipinski definition) is 0. The zero-order valence-electron chi connectivity index (χ0n) is 11.3. The molecule has 1 heteroatoms. The third-order valence-corrected chi connectivity index (χ3v) is 3.83.